The van der Waals surface area contributed by atoms with Gasteiger partial charge in [0.15, 0.2) is 0 Å². The van der Waals surface area contributed by atoms with Gasteiger partial charge in [-0.05, 0) is 216 Å². The van der Waals surface area contributed by atoms with Gasteiger partial charge in [-0.1, -0.05) is 143 Å². The number of piperidine rings is 6. The Morgan fingerprint density at radius 3 is 0.772 bits per heavy atom. The number of amides is 12. The Morgan fingerprint density at radius 1 is 0.262 bits per heavy atom. The molecule has 6 unspecified atom stereocenters. The second-order valence-corrected chi connectivity index (χ2v) is 45.1. The number of aryl methyl sites for hydroxylation is 6. The summed E-state index contributed by atoms with van der Waals surface area (Å²) in [6.07, 6.45) is 6.23. The third-order valence-corrected chi connectivity index (χ3v) is 26.1. The van der Waals surface area contributed by atoms with Crippen molar-refractivity contribution >= 4 is 137 Å². The lowest BCUT2D eigenvalue weighted by Gasteiger charge is -2.23. The minimum Gasteiger partial charge on any atom is -0.295 e. The molecule has 6 atom stereocenters. The van der Waals surface area contributed by atoms with Crippen LogP contribution in [0.15, 0.2) is 138 Å². The minimum absolute atomic E-state index is 0.112. The van der Waals surface area contributed by atoms with Crippen LogP contribution in [-0.4, -0.2) is 126 Å². The molecule has 6 fully saturated rings. The molecule has 6 aromatic carbocycles. The average molecular weight is 1980 g/mol. The second kappa shape index (κ2) is 41.3. The summed E-state index contributed by atoms with van der Waals surface area (Å²) in [6.45, 7) is 38.0. The lowest BCUT2D eigenvalue weighted by molar-refractivity contribution is -0.137. The number of rotatable bonds is 9. The summed E-state index contributed by atoms with van der Waals surface area (Å²) in [7, 11) is 10.2. The molecule has 36 nitrogen and oxygen atoms in total. The van der Waals surface area contributed by atoms with E-state index in [2.05, 4.69) is 139 Å². The third-order valence-electron chi connectivity index (χ3n) is 26.1. The summed E-state index contributed by atoms with van der Waals surface area (Å²) in [6, 6.07) is 30.7. The number of hydrogen-bond acceptors (Lipinski definition) is 18. The highest BCUT2D eigenvalue weighted by molar-refractivity contribution is 6.04. The van der Waals surface area contributed by atoms with Gasteiger partial charge in [-0.2, -0.15) is 0 Å². The number of carbonyl (C=O) groups excluding carboxylic acids is 12. The van der Waals surface area contributed by atoms with Gasteiger partial charge in [-0.25, -0.2) is 28.8 Å². The Kier molecular flexibility index (Phi) is 30.5. The van der Waals surface area contributed by atoms with E-state index in [0.29, 0.717) is 55.1 Å². The van der Waals surface area contributed by atoms with Crippen molar-refractivity contribution in [1.29, 1.82) is 0 Å². The molecule has 6 aliphatic heterocycles. The van der Waals surface area contributed by atoms with Crippen LogP contribution in [0, 0.1) is 50.8 Å². The monoisotopic (exact) mass is 1980 g/mol. The Labute approximate surface area is 838 Å². The molecule has 0 saturated carbocycles. The van der Waals surface area contributed by atoms with E-state index in [1.807, 2.05) is 151 Å². The van der Waals surface area contributed by atoms with Gasteiger partial charge in [0.1, 0.15) is 36.3 Å². The average Bonchev–Trinajstić information content (AvgIpc) is 1.60. The van der Waals surface area contributed by atoms with Crippen molar-refractivity contribution in [3.8, 4) is 23.7 Å². The van der Waals surface area contributed by atoms with Crippen molar-refractivity contribution in [1.82, 2.24) is 86.7 Å². The summed E-state index contributed by atoms with van der Waals surface area (Å²) in [5.74, 6) is 8.44. The Morgan fingerprint density at radius 2 is 0.503 bits per heavy atom. The summed E-state index contributed by atoms with van der Waals surface area (Å²) in [5.41, 5.74) is 13.6. The van der Waals surface area contributed by atoms with Crippen LogP contribution in [0.1, 0.15) is 271 Å². The van der Waals surface area contributed by atoms with Crippen LogP contribution in [-0.2, 0) is 124 Å². The highest BCUT2D eigenvalue weighted by atomic mass is 16.2. The van der Waals surface area contributed by atoms with Crippen LogP contribution in [0.25, 0.3) is 66.2 Å². The quantitative estimate of drug-likeness (QED) is 0.0577. The van der Waals surface area contributed by atoms with E-state index >= 15 is 0 Å². The molecule has 6 N–H and O–H groups in total. The molecule has 766 valence electrons. The largest absolute Gasteiger partial charge is 0.329 e. The summed E-state index contributed by atoms with van der Waals surface area (Å²) >= 11 is 0. The molecular formula is C109H132N18O18. The molecule has 6 aromatic heterocycles. The van der Waals surface area contributed by atoms with Crippen LogP contribution in [0.2, 0.25) is 0 Å². The molecule has 0 spiro atoms. The van der Waals surface area contributed by atoms with Crippen LogP contribution >= 0.6 is 0 Å². The van der Waals surface area contributed by atoms with Crippen LogP contribution in [0.4, 0.5) is 0 Å². The van der Waals surface area contributed by atoms with Gasteiger partial charge in [0.2, 0.25) is 70.9 Å². The maximum atomic E-state index is 12.8. The molecule has 0 radical (unpaired) electrons. The molecule has 0 aliphatic carbocycles. The number of imidazole rings is 6. The molecule has 6 aliphatic rings. The van der Waals surface area contributed by atoms with E-state index in [1.54, 1.807) is 60.6 Å². The number of para-hydroxylation sites is 2. The van der Waals surface area contributed by atoms with Gasteiger partial charge in [0, 0.05) is 97.2 Å². The number of aromatic nitrogens is 12. The molecule has 36 heteroatoms. The normalized spacial score (nSPS) is 18.6. The summed E-state index contributed by atoms with van der Waals surface area (Å²) < 4.78 is 18.4. The fourth-order valence-electron chi connectivity index (χ4n) is 19.3. The summed E-state index contributed by atoms with van der Waals surface area (Å²) in [4.78, 5) is 217. The Bertz CT molecular complexity index is 7520. The predicted molar refractivity (Wildman–Crippen MR) is 552 cm³/mol. The fourth-order valence-corrected chi connectivity index (χ4v) is 19.3. The molecular weight excluding hydrogens is 1850 g/mol. The number of imide groups is 6. The van der Waals surface area contributed by atoms with Gasteiger partial charge in [-0.15, -0.1) is 0 Å². The van der Waals surface area contributed by atoms with E-state index in [1.165, 1.54) is 36.5 Å². The van der Waals surface area contributed by atoms with E-state index in [4.69, 9.17) is 0 Å². The summed E-state index contributed by atoms with van der Waals surface area (Å²) in [5, 5.41) is 13.9. The van der Waals surface area contributed by atoms with Crippen molar-refractivity contribution in [2.45, 2.75) is 263 Å². The van der Waals surface area contributed by atoms with E-state index in [0.717, 1.165) is 102 Å². The van der Waals surface area contributed by atoms with Gasteiger partial charge in [-0.3, -0.25) is 144 Å². The molecule has 0 bridgehead atoms. The molecule has 12 amide bonds. The standard InChI is InChI=1S/2C19H21N3O3.3C18H23N3O3.C17H21N3O3/c1-19(2,3)10-9-12-5-6-13-15(11-12)21(4)18(25)22(13)14-7-8-16(23)20-17(14)24;1-19(2,3)11-10-12-6-5-7-13-16(12)21(4)18(25)22(13)14-8-9-15(23)20-17(14)24;3*1-18(2,3)10-11-5-6-12-14(9-11)20(4)17(24)21(12)13-7-8-15(22)19-16(13)23;1-17(2,3)10-6-5-7-11-14(10)19(4)16(23)20(11)12-8-9-13(21)18-15(12)22/h5-6,11,14H,7-8H2,1-4H3,(H,20,23,24);5-7,14H,8-9H2,1-4H3,(H,20,23,24);3*5-6,9,13H,7-8,10H2,1-4H3,(H,19,22,23);5-7,12H,8-9H2,1-4H3,(H,18,21,22). The first-order valence-electron chi connectivity index (χ1n) is 48.9. The van der Waals surface area contributed by atoms with Crippen molar-refractivity contribution in [2.24, 2.45) is 69.4 Å². The zero-order chi connectivity index (χ0) is 107. The zero-order valence-corrected chi connectivity index (χ0v) is 87.2. The van der Waals surface area contributed by atoms with Crippen molar-refractivity contribution in [3.63, 3.8) is 0 Å². The molecule has 12 aromatic rings. The van der Waals surface area contributed by atoms with Crippen molar-refractivity contribution in [3.05, 3.63) is 205 Å². The molecule has 145 heavy (non-hydrogen) atoms. The van der Waals surface area contributed by atoms with Crippen molar-refractivity contribution in [2.75, 3.05) is 0 Å². The number of nitrogens with zero attached hydrogens (tertiary/aromatic N) is 12. The molecule has 6 saturated heterocycles. The van der Waals surface area contributed by atoms with E-state index in [9.17, 15) is 86.3 Å². The molecule has 12 heterocycles. The topological polar surface area (TPSA) is 439 Å². The Balaban J connectivity index is 0.000000146. The lowest BCUT2D eigenvalue weighted by atomic mass is 9.86. The molecule has 18 rings (SSSR count). The zero-order valence-electron chi connectivity index (χ0n) is 87.2. The van der Waals surface area contributed by atoms with E-state index in [-0.39, 0.29) is 141 Å². The van der Waals surface area contributed by atoms with Crippen LogP contribution < -0.4 is 66.0 Å². The Hall–Kier alpha value is -15.1. The number of fused-ring (bicyclic) bond motifs is 6. The van der Waals surface area contributed by atoms with E-state index < -0.39 is 71.7 Å². The van der Waals surface area contributed by atoms with Crippen LogP contribution in [0.5, 0.6) is 0 Å². The highest BCUT2D eigenvalue weighted by Crippen LogP contribution is 2.36. The second-order valence-electron chi connectivity index (χ2n) is 45.1. The van der Waals surface area contributed by atoms with Crippen LogP contribution in [0.3, 0.4) is 0 Å². The number of hydrogen-bond donors (Lipinski definition) is 6. The first-order chi connectivity index (χ1) is 67.6. The first-order valence-corrected chi connectivity index (χ1v) is 48.9. The third kappa shape index (κ3) is 23.7. The van der Waals surface area contributed by atoms with Crippen molar-refractivity contribution < 1.29 is 57.5 Å². The van der Waals surface area contributed by atoms with Gasteiger partial charge in [0.05, 0.1) is 71.8 Å². The minimum atomic E-state index is -0.681. The maximum Gasteiger partial charge on any atom is 0.329 e. The smallest absolute Gasteiger partial charge is 0.295 e. The predicted octanol–water partition coefficient (Wildman–Crippen LogP) is 10.8. The number of nitrogens with one attached hydrogen (secondary N) is 6. The highest BCUT2D eigenvalue weighted by Gasteiger charge is 2.40. The first kappa shape index (κ1) is 107. The SMILES string of the molecule is Cn1c(=O)n(C2CCC(=O)NC2=O)c2ccc(C#CC(C)(C)C)cc21.Cn1c(=O)n(C2CCC(=O)NC2=O)c2ccc(CC(C)(C)C)cc21.Cn1c(=O)n(C2CCC(=O)NC2=O)c2ccc(CC(C)(C)C)cc21.Cn1c(=O)n(C2CCC(=O)NC2=O)c2ccc(CC(C)(C)C)cc21.Cn1c(=O)n(C2CCC(=O)NC2=O)c2cccc(C#CC(C)(C)C)c21.Cn1c(=O)n(C2CCC(=O)NC2=O)c2cccc(C(C)(C)C)c21. The fraction of sp³-hybridized carbons (Fsp3) is 0.468. The van der Waals surface area contributed by atoms with Gasteiger partial charge < -0.3 is 0 Å². The van der Waals surface area contributed by atoms with Gasteiger partial charge in [0.25, 0.3) is 0 Å². The number of benzene rings is 6. The lowest BCUT2D eigenvalue weighted by Crippen LogP contribution is -2.44. The number of carbonyl (C=O) groups is 12. The maximum absolute atomic E-state index is 12.8. The van der Waals surface area contributed by atoms with Gasteiger partial charge >= 0.3 is 34.1 Å².